The Morgan fingerprint density at radius 2 is 1.22 bits per heavy atom. The molecule has 0 amide bonds. The molecular formula is C12H12BO10. The Hall–Kier alpha value is -2.66. The summed E-state index contributed by atoms with van der Waals surface area (Å²) in [6.45, 7) is 0. The lowest BCUT2D eigenvalue weighted by molar-refractivity contribution is -0.158. The largest absolute Gasteiger partial charge is 0.481 e. The third-order valence-corrected chi connectivity index (χ3v) is 3.22. The molecule has 1 rings (SSSR count). The fraction of sp³-hybridized carbons (Fsp3) is 0.333. The van der Waals surface area contributed by atoms with E-state index in [2.05, 4.69) is 0 Å². The van der Waals surface area contributed by atoms with E-state index in [0.29, 0.717) is 0 Å². The summed E-state index contributed by atoms with van der Waals surface area (Å²) in [5.41, 5.74) is -0.805. The zero-order valence-corrected chi connectivity index (χ0v) is 11.4. The number of aliphatic hydroxyl groups excluding tert-OH is 2. The van der Waals surface area contributed by atoms with E-state index in [4.69, 9.17) is 20.4 Å². The van der Waals surface area contributed by atoms with Gasteiger partial charge < -0.3 is 30.6 Å². The molecular weight excluding hydrogens is 315 g/mol. The van der Waals surface area contributed by atoms with Gasteiger partial charge in [-0.2, -0.15) is 0 Å². The van der Waals surface area contributed by atoms with Crippen molar-refractivity contribution in [2.45, 2.75) is 12.2 Å². The van der Waals surface area contributed by atoms with Gasteiger partial charge in [0.15, 0.2) is 19.5 Å². The predicted octanol–water partition coefficient (Wildman–Crippen LogP) is -2.24. The molecule has 23 heavy (non-hydrogen) atoms. The zero-order valence-electron chi connectivity index (χ0n) is 11.4. The van der Waals surface area contributed by atoms with Gasteiger partial charge in [-0.1, -0.05) is 11.5 Å². The molecule has 0 aromatic carbocycles. The second-order valence-corrected chi connectivity index (χ2v) is 4.63. The standard InChI is InChI=1S/C12H12BO10/c14-7(11(20)21)4(9(16)17)3-1-2-13-6(3)5(10(18)19)8(15)12(22)23/h1-2,4-5,7-8,14-15H,(H,16,17)(H,18,19)(H,20,21)(H,22,23). The first kappa shape index (κ1) is 18.4. The third kappa shape index (κ3) is 3.76. The highest BCUT2D eigenvalue weighted by Gasteiger charge is 2.42. The van der Waals surface area contributed by atoms with Crippen molar-refractivity contribution < 1.29 is 49.8 Å². The molecule has 6 N–H and O–H groups in total. The fourth-order valence-electron chi connectivity index (χ4n) is 2.18. The first-order valence-electron chi connectivity index (χ1n) is 6.12. The maximum Gasteiger partial charge on any atom is 0.333 e. The predicted molar refractivity (Wildman–Crippen MR) is 71.5 cm³/mol. The summed E-state index contributed by atoms with van der Waals surface area (Å²) in [5, 5.41) is 54.8. The fourth-order valence-corrected chi connectivity index (χ4v) is 2.18. The zero-order chi connectivity index (χ0) is 17.9. The minimum Gasteiger partial charge on any atom is -0.481 e. The van der Waals surface area contributed by atoms with Crippen molar-refractivity contribution in [3.63, 3.8) is 0 Å². The molecule has 1 aliphatic heterocycles. The third-order valence-electron chi connectivity index (χ3n) is 3.22. The minimum absolute atomic E-state index is 0.403. The number of hydrogen-bond donors (Lipinski definition) is 6. The van der Waals surface area contributed by atoms with Gasteiger partial charge in [-0.15, -0.1) is 5.98 Å². The summed E-state index contributed by atoms with van der Waals surface area (Å²) in [5.74, 6) is -10.1. The van der Waals surface area contributed by atoms with E-state index in [1.54, 1.807) is 0 Å². The molecule has 1 radical (unpaired) electrons. The Bertz CT molecular complexity index is 607. The molecule has 1 aliphatic rings. The highest BCUT2D eigenvalue weighted by Crippen LogP contribution is 2.31. The summed E-state index contributed by atoms with van der Waals surface area (Å²) in [6.07, 6.45) is -3.72. The lowest BCUT2D eigenvalue weighted by atomic mass is 9.64. The van der Waals surface area contributed by atoms with Crippen molar-refractivity contribution in [2.24, 2.45) is 11.8 Å². The van der Waals surface area contributed by atoms with Crippen LogP contribution in [0.25, 0.3) is 0 Å². The van der Waals surface area contributed by atoms with Crippen LogP contribution in [0.2, 0.25) is 0 Å². The molecule has 4 unspecified atom stereocenters. The highest BCUT2D eigenvalue weighted by molar-refractivity contribution is 6.54. The van der Waals surface area contributed by atoms with Crippen LogP contribution in [-0.2, 0) is 19.2 Å². The lowest BCUT2D eigenvalue weighted by Crippen LogP contribution is -2.40. The van der Waals surface area contributed by atoms with E-state index < -0.39 is 59.0 Å². The monoisotopic (exact) mass is 327 g/mol. The van der Waals surface area contributed by atoms with E-state index in [1.165, 1.54) is 5.98 Å². The van der Waals surface area contributed by atoms with Gasteiger partial charge in [0.2, 0.25) is 0 Å². The Morgan fingerprint density at radius 1 is 0.783 bits per heavy atom. The van der Waals surface area contributed by atoms with Crippen LogP contribution >= 0.6 is 0 Å². The van der Waals surface area contributed by atoms with Crippen LogP contribution in [0.1, 0.15) is 0 Å². The van der Waals surface area contributed by atoms with Gasteiger partial charge in [0.05, 0.1) is 0 Å². The topological polar surface area (TPSA) is 190 Å². The summed E-state index contributed by atoms with van der Waals surface area (Å²) in [7, 11) is 1.05. The van der Waals surface area contributed by atoms with E-state index in [0.717, 1.165) is 13.4 Å². The van der Waals surface area contributed by atoms with Crippen LogP contribution in [0.5, 0.6) is 0 Å². The van der Waals surface area contributed by atoms with Gasteiger partial charge in [-0.25, -0.2) is 9.59 Å². The number of carboxylic acids is 4. The molecule has 0 saturated carbocycles. The summed E-state index contributed by atoms with van der Waals surface area (Å²) >= 11 is 0. The molecule has 0 fully saturated rings. The Morgan fingerprint density at radius 3 is 1.61 bits per heavy atom. The van der Waals surface area contributed by atoms with Crippen LogP contribution in [0.15, 0.2) is 23.1 Å². The quantitative estimate of drug-likeness (QED) is 0.266. The van der Waals surface area contributed by atoms with Crippen LogP contribution in [0, 0.1) is 11.8 Å². The van der Waals surface area contributed by atoms with E-state index in [-0.39, 0.29) is 0 Å². The van der Waals surface area contributed by atoms with Gasteiger partial charge in [0.1, 0.15) is 11.8 Å². The van der Waals surface area contributed by atoms with Gasteiger partial charge in [-0.3, -0.25) is 9.59 Å². The Labute approximate surface area is 129 Å². The second kappa shape index (κ2) is 7.07. The number of aliphatic carboxylic acids is 4. The Balaban J connectivity index is 3.43. The molecule has 0 aromatic rings. The van der Waals surface area contributed by atoms with Gasteiger partial charge in [0, 0.05) is 0 Å². The molecule has 123 valence electrons. The van der Waals surface area contributed by atoms with Crippen molar-refractivity contribution >= 4 is 31.2 Å². The normalized spacial score (nSPS) is 18.7. The number of allylic oxidation sites excluding steroid dienone is 1. The van der Waals surface area contributed by atoms with E-state index in [9.17, 15) is 29.4 Å². The first-order chi connectivity index (χ1) is 10.6. The van der Waals surface area contributed by atoms with E-state index >= 15 is 0 Å². The maximum absolute atomic E-state index is 11.2. The molecule has 0 saturated heterocycles. The molecule has 0 aliphatic carbocycles. The van der Waals surface area contributed by atoms with Crippen molar-refractivity contribution in [1.82, 2.24) is 0 Å². The number of carbonyl (C=O) groups is 4. The molecule has 0 spiro atoms. The van der Waals surface area contributed by atoms with Gasteiger partial charge >= 0.3 is 23.9 Å². The van der Waals surface area contributed by atoms with Crippen LogP contribution in [0.3, 0.4) is 0 Å². The first-order valence-corrected chi connectivity index (χ1v) is 6.12. The van der Waals surface area contributed by atoms with Crippen LogP contribution in [-0.4, -0.2) is 74.0 Å². The van der Waals surface area contributed by atoms with Crippen LogP contribution in [0.4, 0.5) is 0 Å². The number of rotatable bonds is 8. The SMILES string of the molecule is O=C(O)C(O)C(C(=O)O)C1=C(C(C(=O)O)C(O)C(=O)O)C=C[B]1. The van der Waals surface area contributed by atoms with Crippen molar-refractivity contribution in [3.05, 3.63) is 23.1 Å². The highest BCUT2D eigenvalue weighted by atomic mass is 16.4. The molecule has 11 heteroatoms. The molecule has 10 nitrogen and oxygen atoms in total. The number of aliphatic hydroxyl groups is 2. The second-order valence-electron chi connectivity index (χ2n) is 4.63. The smallest absolute Gasteiger partial charge is 0.333 e. The molecule has 1 heterocycles. The van der Waals surface area contributed by atoms with Crippen molar-refractivity contribution in [1.29, 1.82) is 0 Å². The summed E-state index contributed by atoms with van der Waals surface area (Å²) in [6, 6.07) is 0. The lowest BCUT2D eigenvalue weighted by Gasteiger charge is -2.23. The molecule has 0 bridgehead atoms. The van der Waals surface area contributed by atoms with Crippen molar-refractivity contribution in [3.8, 4) is 0 Å². The van der Waals surface area contributed by atoms with Crippen LogP contribution < -0.4 is 0 Å². The van der Waals surface area contributed by atoms with Gasteiger partial charge in [0.25, 0.3) is 0 Å². The number of carboxylic acid groups (broad SMARTS) is 4. The average Bonchev–Trinajstić information content (AvgIpc) is 2.86. The summed E-state index contributed by atoms with van der Waals surface area (Å²) < 4.78 is 0. The molecule has 4 atom stereocenters. The molecule has 0 aromatic heterocycles. The van der Waals surface area contributed by atoms with Crippen molar-refractivity contribution in [2.75, 3.05) is 0 Å². The maximum atomic E-state index is 11.2. The van der Waals surface area contributed by atoms with E-state index in [1.807, 2.05) is 0 Å². The average molecular weight is 327 g/mol. The Kier molecular flexibility index (Phi) is 5.65. The minimum atomic E-state index is -2.38. The van der Waals surface area contributed by atoms with Gasteiger partial charge in [-0.05, 0) is 5.57 Å². The number of hydrogen-bond acceptors (Lipinski definition) is 6. The summed E-state index contributed by atoms with van der Waals surface area (Å²) in [4.78, 5) is 44.1.